The normalized spacial score (nSPS) is 26.3. The monoisotopic (exact) mass is 1080 g/mol. The molecule has 6 N–H and O–H groups in total. The van der Waals surface area contributed by atoms with Crippen molar-refractivity contribution in [3.05, 3.63) is 70.8 Å². The van der Waals surface area contributed by atoms with Crippen LogP contribution in [-0.2, 0) is 51.1 Å². The molecule has 18 nitrogen and oxygen atoms in total. The molecule has 10 atom stereocenters. The molecule has 2 saturated carbocycles. The number of fused-ring (bicyclic) bond motifs is 2. The van der Waals surface area contributed by atoms with Crippen LogP contribution in [0.4, 0.5) is 0 Å². The van der Waals surface area contributed by atoms with Crippen molar-refractivity contribution in [2.75, 3.05) is 79.7 Å². The first-order valence-electron chi connectivity index (χ1n) is 29.9. The number of nitrogens with one attached hydrogen (secondary N) is 6. The van der Waals surface area contributed by atoms with Crippen molar-refractivity contribution >= 4 is 35.4 Å². The van der Waals surface area contributed by atoms with Crippen LogP contribution in [0.1, 0.15) is 138 Å². The summed E-state index contributed by atoms with van der Waals surface area (Å²) in [7, 11) is 3.46. The van der Waals surface area contributed by atoms with Crippen LogP contribution in [0.2, 0.25) is 0 Å². The number of aryl methyl sites for hydroxylation is 2. The van der Waals surface area contributed by atoms with Gasteiger partial charge in [-0.2, -0.15) is 0 Å². The molecule has 2 aromatic rings. The van der Waals surface area contributed by atoms with Gasteiger partial charge in [-0.05, 0) is 139 Å². The summed E-state index contributed by atoms with van der Waals surface area (Å²) in [4.78, 5) is 92.3. The van der Waals surface area contributed by atoms with Gasteiger partial charge in [0.25, 0.3) is 0 Å². The van der Waals surface area contributed by atoms with Crippen molar-refractivity contribution < 1.29 is 38.2 Å². The number of nitrogens with zero attached hydrogens (tertiary/aromatic N) is 4. The number of hydrogen-bond acceptors (Lipinski definition) is 12. The van der Waals surface area contributed by atoms with Crippen LogP contribution in [0.3, 0.4) is 0 Å². The second-order valence-electron chi connectivity index (χ2n) is 23.5. The van der Waals surface area contributed by atoms with Gasteiger partial charge >= 0.3 is 0 Å². The molecule has 428 valence electrons. The van der Waals surface area contributed by atoms with Crippen LogP contribution in [0, 0.1) is 11.8 Å². The first-order valence-corrected chi connectivity index (χ1v) is 29.9. The average Bonchev–Trinajstić information content (AvgIpc) is 4.14. The van der Waals surface area contributed by atoms with Gasteiger partial charge in [0.1, 0.15) is 24.2 Å². The Morgan fingerprint density at radius 3 is 1.32 bits per heavy atom. The van der Waals surface area contributed by atoms with E-state index in [4.69, 9.17) is 9.47 Å². The molecule has 78 heavy (non-hydrogen) atoms. The molecule has 0 spiro atoms. The van der Waals surface area contributed by atoms with Crippen molar-refractivity contribution in [1.82, 2.24) is 51.5 Å². The SMILES string of the molecule is CN[C@@H](C)C(=O)NC(C(=O)N1C[C@@H](OCCCN2CCN(CCCO[C@H]3C[C@@H](C(=O)N[C@@H]4CCCc5ccccc54)N(C(=O)C(NC(=O)[C@H](C)NC)C4CCC4)C3)CC2)C[C@H]1C(=O)N[C@@H]1CCCc2ccccc21)C1CCC1. The third kappa shape index (κ3) is 14.1. The summed E-state index contributed by atoms with van der Waals surface area (Å²) < 4.78 is 13.0. The Bertz CT molecular complexity index is 2210. The van der Waals surface area contributed by atoms with E-state index >= 15 is 0 Å². The highest BCUT2D eigenvalue weighted by atomic mass is 16.5. The molecule has 9 rings (SSSR count). The Morgan fingerprint density at radius 2 is 0.949 bits per heavy atom. The first-order chi connectivity index (χ1) is 37.9. The van der Waals surface area contributed by atoms with Crippen molar-refractivity contribution in [2.45, 2.75) is 177 Å². The predicted molar refractivity (Wildman–Crippen MR) is 298 cm³/mol. The Labute approximate surface area is 462 Å². The lowest BCUT2D eigenvalue weighted by molar-refractivity contribution is -0.144. The van der Waals surface area contributed by atoms with Crippen LogP contribution in [-0.4, -0.2) is 183 Å². The van der Waals surface area contributed by atoms with E-state index < -0.39 is 36.3 Å². The number of ether oxygens (including phenoxy) is 2. The molecule has 0 bridgehead atoms. The zero-order valence-electron chi connectivity index (χ0n) is 47.0. The molecule has 4 aliphatic carbocycles. The first kappa shape index (κ1) is 57.7. The Kier molecular flexibility index (Phi) is 20.3. The maximum Gasteiger partial charge on any atom is 0.246 e. The largest absolute Gasteiger partial charge is 0.376 e. The van der Waals surface area contributed by atoms with E-state index in [1.165, 1.54) is 11.1 Å². The van der Waals surface area contributed by atoms with E-state index in [9.17, 15) is 28.8 Å². The van der Waals surface area contributed by atoms with E-state index in [1.807, 2.05) is 24.3 Å². The molecule has 7 aliphatic rings. The predicted octanol–water partition coefficient (Wildman–Crippen LogP) is 3.53. The van der Waals surface area contributed by atoms with Gasteiger partial charge in [-0.3, -0.25) is 28.8 Å². The van der Waals surface area contributed by atoms with Crippen LogP contribution in [0.5, 0.6) is 0 Å². The molecule has 2 aromatic carbocycles. The highest BCUT2D eigenvalue weighted by molar-refractivity contribution is 5.95. The van der Waals surface area contributed by atoms with Gasteiger partial charge in [0.05, 0.1) is 36.4 Å². The van der Waals surface area contributed by atoms with Crippen molar-refractivity contribution in [3.63, 3.8) is 0 Å². The summed E-state index contributed by atoms with van der Waals surface area (Å²) in [5, 5.41) is 18.7. The number of amides is 6. The molecule has 2 unspecified atom stereocenters. The molecule has 3 aliphatic heterocycles. The van der Waals surface area contributed by atoms with Crippen LogP contribution in [0.25, 0.3) is 0 Å². The number of likely N-dealkylation sites (N-methyl/N-ethyl adjacent to an activating group) is 2. The van der Waals surface area contributed by atoms with Gasteiger partial charge in [-0.15, -0.1) is 0 Å². The van der Waals surface area contributed by atoms with E-state index in [-0.39, 0.29) is 71.6 Å². The third-order valence-corrected chi connectivity index (χ3v) is 18.5. The topological polar surface area (TPSA) is 206 Å². The molecule has 0 radical (unpaired) electrons. The summed E-state index contributed by atoms with van der Waals surface area (Å²) in [5.74, 6) is -1.07. The van der Waals surface area contributed by atoms with Crippen molar-refractivity contribution in [3.8, 4) is 0 Å². The summed E-state index contributed by atoms with van der Waals surface area (Å²) in [6, 6.07) is 12.7. The molecule has 6 amide bonds. The minimum atomic E-state index is -0.690. The Morgan fingerprint density at radius 1 is 0.551 bits per heavy atom. The van der Waals surface area contributed by atoms with Crippen molar-refractivity contribution in [2.24, 2.45) is 11.8 Å². The second-order valence-corrected chi connectivity index (χ2v) is 23.5. The number of piperazine rings is 1. The van der Waals surface area contributed by atoms with Gasteiger partial charge in [-0.1, -0.05) is 61.4 Å². The zero-order valence-corrected chi connectivity index (χ0v) is 47.0. The number of hydrogen-bond donors (Lipinski definition) is 6. The van der Waals surface area contributed by atoms with E-state index in [0.717, 1.165) is 140 Å². The number of benzene rings is 2. The minimum absolute atomic E-state index is 0.0418. The van der Waals surface area contributed by atoms with Gasteiger partial charge in [0.15, 0.2) is 0 Å². The number of carbonyl (C=O) groups is 6. The smallest absolute Gasteiger partial charge is 0.246 e. The quantitative estimate of drug-likeness (QED) is 0.0837. The highest BCUT2D eigenvalue weighted by Crippen LogP contribution is 2.36. The fourth-order valence-electron chi connectivity index (χ4n) is 13.0. The lowest BCUT2D eigenvalue weighted by Gasteiger charge is -2.37. The minimum Gasteiger partial charge on any atom is -0.376 e. The maximum atomic E-state index is 14.5. The van der Waals surface area contributed by atoms with Gasteiger partial charge in [0, 0.05) is 78.4 Å². The Balaban J connectivity index is 0.735. The average molecular weight is 1080 g/mol. The fourth-order valence-corrected chi connectivity index (χ4v) is 13.0. The molecule has 3 saturated heterocycles. The zero-order chi connectivity index (χ0) is 54.7. The van der Waals surface area contributed by atoms with Crippen LogP contribution in [0.15, 0.2) is 48.5 Å². The number of rotatable bonds is 24. The fraction of sp³-hybridized carbons (Fsp3) is 0.700. The van der Waals surface area contributed by atoms with Crippen LogP contribution >= 0.6 is 0 Å². The summed E-state index contributed by atoms with van der Waals surface area (Å²) in [6.07, 6.45) is 13.0. The number of carbonyl (C=O) groups excluding carboxylic acids is 6. The van der Waals surface area contributed by atoms with Crippen molar-refractivity contribution in [1.29, 1.82) is 0 Å². The van der Waals surface area contributed by atoms with Crippen LogP contribution < -0.4 is 31.9 Å². The Hall–Kier alpha value is -4.98. The van der Waals surface area contributed by atoms with E-state index in [2.05, 4.69) is 66.0 Å². The molecule has 5 fully saturated rings. The molecule has 18 heteroatoms. The molecular weight excluding hydrogens is 989 g/mol. The van der Waals surface area contributed by atoms with E-state index in [0.29, 0.717) is 39.1 Å². The maximum absolute atomic E-state index is 14.5. The lowest BCUT2D eigenvalue weighted by Crippen LogP contribution is -2.59. The van der Waals surface area contributed by atoms with Gasteiger partial charge in [-0.25, -0.2) is 0 Å². The standard InChI is InChI=1S/C60H90N10O8/c1-39(61-3)55(71)65-53(43-19-9-20-43)59(75)69-37-45(35-51(69)57(73)63-49-25-11-17-41-15-5-7-23-47(41)49)77-33-13-27-67-29-31-68(32-30-67)28-14-34-78-46-36-52(58(74)64-50-26-12-18-42-16-6-8-24-48(42)50)70(38-46)60(76)54(44-21-10-22-44)66-56(72)40(2)62-4/h5-8,15-16,23-24,39-40,43-46,49-54,61-62H,9-14,17-22,25-38H2,1-4H3,(H,63,73)(H,64,74)(H,65,71)(H,66,72)/t39-,40-,45-,46-,49+,50+,51-,52-,53?,54?/m0/s1. The summed E-state index contributed by atoms with van der Waals surface area (Å²) in [5.41, 5.74) is 4.81. The van der Waals surface area contributed by atoms with Gasteiger partial charge < -0.3 is 61.0 Å². The third-order valence-electron chi connectivity index (χ3n) is 18.5. The lowest BCUT2D eigenvalue weighted by atomic mass is 9.79. The van der Waals surface area contributed by atoms with Gasteiger partial charge in [0.2, 0.25) is 35.4 Å². The highest BCUT2D eigenvalue weighted by Gasteiger charge is 2.48. The summed E-state index contributed by atoms with van der Waals surface area (Å²) >= 11 is 0. The summed E-state index contributed by atoms with van der Waals surface area (Å²) in [6.45, 7) is 10.7. The molecular formula is C60H90N10O8. The number of likely N-dealkylation sites (tertiary alicyclic amines) is 2. The second kappa shape index (κ2) is 27.5. The molecule has 0 aromatic heterocycles. The van der Waals surface area contributed by atoms with E-state index in [1.54, 1.807) is 37.7 Å². The molecule has 3 heterocycles.